The van der Waals surface area contributed by atoms with Gasteiger partial charge in [-0.25, -0.2) is 28.4 Å². The predicted octanol–water partition coefficient (Wildman–Crippen LogP) is 5.35. The molecular formula is C28H35F5N8O2. The molecule has 0 aromatic carbocycles. The zero-order chi connectivity index (χ0) is 31.1. The maximum Gasteiger partial charge on any atom is 0.392 e. The minimum atomic E-state index is -4.47. The fourth-order valence-electron chi connectivity index (χ4n) is 5.54. The topological polar surface area (TPSA) is 119 Å². The molecular weight excluding hydrogens is 575 g/mol. The van der Waals surface area contributed by atoms with E-state index in [1.807, 2.05) is 13.8 Å². The van der Waals surface area contributed by atoms with Crippen molar-refractivity contribution in [2.24, 2.45) is 17.8 Å². The van der Waals surface area contributed by atoms with Crippen LogP contribution in [0.1, 0.15) is 106 Å². The molecule has 43 heavy (non-hydrogen) atoms. The molecule has 0 unspecified atom stereocenters. The van der Waals surface area contributed by atoms with E-state index in [1.54, 1.807) is 22.9 Å². The number of hydrogen-bond acceptors (Lipinski definition) is 6. The van der Waals surface area contributed by atoms with E-state index in [0.717, 1.165) is 19.8 Å². The molecule has 10 nitrogen and oxygen atoms in total. The molecule has 0 spiro atoms. The number of amides is 2. The van der Waals surface area contributed by atoms with E-state index in [4.69, 9.17) is 0 Å². The van der Waals surface area contributed by atoms with Crippen molar-refractivity contribution in [3.05, 3.63) is 42.0 Å². The summed E-state index contributed by atoms with van der Waals surface area (Å²) in [5.41, 5.74) is 0.887. The second-order valence-electron chi connectivity index (χ2n) is 12.0. The smallest absolute Gasteiger partial charge is 0.347 e. The minimum Gasteiger partial charge on any atom is -0.347 e. The van der Waals surface area contributed by atoms with Gasteiger partial charge in [-0.05, 0) is 57.4 Å². The fourth-order valence-corrected chi connectivity index (χ4v) is 5.54. The van der Waals surface area contributed by atoms with Crippen LogP contribution in [0.25, 0.3) is 5.78 Å². The Morgan fingerprint density at radius 2 is 1.63 bits per heavy atom. The van der Waals surface area contributed by atoms with Gasteiger partial charge < -0.3 is 10.6 Å². The summed E-state index contributed by atoms with van der Waals surface area (Å²) >= 11 is 0. The zero-order valence-electron chi connectivity index (χ0n) is 24.1. The van der Waals surface area contributed by atoms with E-state index in [2.05, 4.69) is 30.7 Å². The lowest BCUT2D eigenvalue weighted by Gasteiger charge is -2.33. The Morgan fingerprint density at radius 1 is 1.00 bits per heavy atom. The monoisotopic (exact) mass is 610 g/mol. The molecule has 3 heterocycles. The van der Waals surface area contributed by atoms with E-state index in [9.17, 15) is 31.5 Å². The number of rotatable bonds is 10. The van der Waals surface area contributed by atoms with Crippen LogP contribution in [0.15, 0.2) is 24.8 Å². The summed E-state index contributed by atoms with van der Waals surface area (Å²) in [5.74, 6) is -5.70. The third-order valence-corrected chi connectivity index (χ3v) is 8.25. The van der Waals surface area contributed by atoms with Crippen LogP contribution >= 0.6 is 0 Å². The van der Waals surface area contributed by atoms with Crippen LogP contribution in [0, 0.1) is 17.8 Å². The number of hydrogen-bond donors (Lipinski definition) is 2. The SMILES string of the molecule is CC(C)n1ncnc1C(=O)N[C@H](c1cn2ccc([C@H](NC(=O)C[C@H](C)C(F)(F)F)C3CC3)nc2n1)C1CCC(F)(F)CC1. The molecule has 3 atom stereocenters. The molecule has 2 saturated carbocycles. The van der Waals surface area contributed by atoms with Gasteiger partial charge in [-0.1, -0.05) is 6.92 Å². The molecule has 3 aromatic rings. The predicted molar refractivity (Wildman–Crippen MR) is 144 cm³/mol. The third-order valence-electron chi connectivity index (χ3n) is 8.25. The van der Waals surface area contributed by atoms with Crippen LogP contribution in [0.3, 0.4) is 0 Å². The number of fused-ring (bicyclic) bond motifs is 1. The molecule has 5 rings (SSSR count). The molecule has 2 N–H and O–H groups in total. The van der Waals surface area contributed by atoms with Gasteiger partial charge in [0.15, 0.2) is 0 Å². The molecule has 2 fully saturated rings. The first-order chi connectivity index (χ1) is 20.2. The van der Waals surface area contributed by atoms with Gasteiger partial charge in [0.25, 0.3) is 5.91 Å². The number of aromatic nitrogens is 6. The lowest BCUT2D eigenvalue weighted by atomic mass is 9.81. The average Bonchev–Trinajstić information content (AvgIpc) is 3.47. The van der Waals surface area contributed by atoms with Crippen molar-refractivity contribution >= 4 is 17.6 Å². The van der Waals surface area contributed by atoms with Gasteiger partial charge in [-0.15, -0.1) is 0 Å². The molecule has 0 saturated heterocycles. The Bertz CT molecular complexity index is 1450. The highest BCUT2D eigenvalue weighted by Crippen LogP contribution is 2.42. The lowest BCUT2D eigenvalue weighted by Crippen LogP contribution is -2.38. The first-order valence-corrected chi connectivity index (χ1v) is 14.5. The second kappa shape index (κ2) is 11.8. The van der Waals surface area contributed by atoms with E-state index in [0.29, 0.717) is 11.4 Å². The fraction of sp³-hybridized carbons (Fsp3) is 0.643. The van der Waals surface area contributed by atoms with Crippen molar-refractivity contribution in [2.45, 2.75) is 95.9 Å². The maximum atomic E-state index is 14.0. The Labute approximate surface area is 244 Å². The van der Waals surface area contributed by atoms with Crippen molar-refractivity contribution < 1.29 is 31.5 Å². The van der Waals surface area contributed by atoms with Crippen LogP contribution in [0.2, 0.25) is 0 Å². The highest BCUT2D eigenvalue weighted by Gasteiger charge is 2.41. The van der Waals surface area contributed by atoms with Gasteiger partial charge in [0, 0.05) is 37.7 Å². The van der Waals surface area contributed by atoms with Gasteiger partial charge in [0.05, 0.1) is 29.4 Å². The maximum absolute atomic E-state index is 14.0. The van der Waals surface area contributed by atoms with Crippen LogP contribution in [-0.2, 0) is 4.79 Å². The van der Waals surface area contributed by atoms with Gasteiger partial charge in [-0.3, -0.25) is 14.0 Å². The number of alkyl halides is 5. The molecule has 15 heteroatoms. The molecule has 2 aliphatic carbocycles. The van der Waals surface area contributed by atoms with E-state index >= 15 is 0 Å². The van der Waals surface area contributed by atoms with Gasteiger partial charge >= 0.3 is 6.18 Å². The third kappa shape index (κ3) is 7.12. The van der Waals surface area contributed by atoms with Crippen LogP contribution in [-0.4, -0.2) is 53.0 Å². The average molecular weight is 611 g/mol. The first kappa shape index (κ1) is 30.8. The van der Waals surface area contributed by atoms with Crippen molar-refractivity contribution in [1.82, 2.24) is 39.8 Å². The molecule has 234 valence electrons. The second-order valence-corrected chi connectivity index (χ2v) is 12.0. The summed E-state index contributed by atoms with van der Waals surface area (Å²) in [6.45, 7) is 4.68. The highest BCUT2D eigenvalue weighted by molar-refractivity contribution is 5.91. The molecule has 2 aliphatic rings. The number of carbonyl (C=O) groups is 2. The number of halogens is 5. The number of imidazole rings is 1. The number of nitrogens with one attached hydrogen (secondary N) is 2. The minimum absolute atomic E-state index is 0.0452. The summed E-state index contributed by atoms with van der Waals surface area (Å²) in [7, 11) is 0. The molecule has 0 bridgehead atoms. The first-order valence-electron chi connectivity index (χ1n) is 14.5. The summed E-state index contributed by atoms with van der Waals surface area (Å²) in [6, 6.07) is 0.254. The zero-order valence-corrected chi connectivity index (χ0v) is 24.1. The summed E-state index contributed by atoms with van der Waals surface area (Å²) in [5, 5.41) is 9.78. The van der Waals surface area contributed by atoms with Crippen LogP contribution < -0.4 is 10.6 Å². The quantitative estimate of drug-likeness (QED) is 0.299. The molecule has 3 aromatic heterocycles. The Balaban J connectivity index is 1.41. The number of carbonyl (C=O) groups excluding carboxylic acids is 2. The molecule has 0 aliphatic heterocycles. The summed E-state index contributed by atoms with van der Waals surface area (Å²) in [6.07, 6.45) is 0.803. The van der Waals surface area contributed by atoms with Gasteiger partial charge in [0.1, 0.15) is 6.33 Å². The Hall–Kier alpha value is -3.65. The molecule has 2 amide bonds. The Morgan fingerprint density at radius 3 is 2.26 bits per heavy atom. The molecule has 0 radical (unpaired) electrons. The largest absolute Gasteiger partial charge is 0.392 e. The summed E-state index contributed by atoms with van der Waals surface area (Å²) in [4.78, 5) is 39.2. The van der Waals surface area contributed by atoms with Crippen molar-refractivity contribution in [2.75, 3.05) is 0 Å². The lowest BCUT2D eigenvalue weighted by molar-refractivity contribution is -0.174. The van der Waals surface area contributed by atoms with Crippen molar-refractivity contribution in [1.29, 1.82) is 0 Å². The van der Waals surface area contributed by atoms with Gasteiger partial charge in [-0.2, -0.15) is 18.3 Å². The van der Waals surface area contributed by atoms with E-state index in [1.165, 1.54) is 11.0 Å². The standard InChI is InChI=1S/C28H35F5N8O2/c1-15(2)41-24(34-14-35-41)25(43)39-23(18-6-9-27(29,30)10-7-18)20-13-40-11-8-19(36-26(40)37-20)22(17-4-5-17)38-21(42)12-16(3)28(31,32)33/h8,11,13-18,22-23H,4-7,9-10,12H2,1-3H3,(H,38,42)(H,39,43)/t16-,22+,23-/m0/s1. The van der Waals surface area contributed by atoms with E-state index < -0.39 is 48.3 Å². The van der Waals surface area contributed by atoms with Crippen LogP contribution in [0.4, 0.5) is 22.0 Å². The highest BCUT2D eigenvalue weighted by atomic mass is 19.4. The van der Waals surface area contributed by atoms with Crippen molar-refractivity contribution in [3.63, 3.8) is 0 Å². The number of nitrogens with zero attached hydrogens (tertiary/aromatic N) is 6. The summed E-state index contributed by atoms with van der Waals surface area (Å²) < 4.78 is 70.1. The van der Waals surface area contributed by atoms with Gasteiger partial charge in [0.2, 0.25) is 23.4 Å². The van der Waals surface area contributed by atoms with Crippen molar-refractivity contribution in [3.8, 4) is 0 Å². The Kier molecular flexibility index (Phi) is 8.45. The normalized spacial score (nSPS) is 19.7. The van der Waals surface area contributed by atoms with Crippen LogP contribution in [0.5, 0.6) is 0 Å². The van der Waals surface area contributed by atoms with E-state index in [-0.39, 0.29) is 55.2 Å².